The molecule has 0 amide bonds. The Kier molecular flexibility index (Phi) is 4.17. The van der Waals surface area contributed by atoms with Crippen LogP contribution in [0, 0.1) is 18.3 Å². The summed E-state index contributed by atoms with van der Waals surface area (Å²) in [5.74, 6) is 0. The summed E-state index contributed by atoms with van der Waals surface area (Å²) in [6.07, 6.45) is 8.53. The number of nitriles is 1. The number of ether oxygens (including phenoxy) is 1. The lowest BCUT2D eigenvalue weighted by molar-refractivity contribution is -0.103. The van der Waals surface area contributed by atoms with E-state index in [1.54, 1.807) is 0 Å². The van der Waals surface area contributed by atoms with E-state index in [4.69, 9.17) is 10.00 Å². The molecule has 3 nitrogen and oxygen atoms in total. The Bertz CT molecular complexity index is 535. The first kappa shape index (κ1) is 14.4. The molecule has 3 rings (SSSR count). The molecule has 1 atom stereocenters. The van der Waals surface area contributed by atoms with Crippen LogP contribution in [-0.4, -0.2) is 18.2 Å². The molecule has 1 aromatic carbocycles. The largest absolute Gasteiger partial charge is 0.382 e. The third-order valence-electron chi connectivity index (χ3n) is 4.98. The molecule has 2 aliphatic rings. The Balaban J connectivity index is 1.71. The zero-order valence-corrected chi connectivity index (χ0v) is 12.8. The molecule has 0 radical (unpaired) electrons. The molecule has 0 bridgehead atoms. The molecule has 1 N–H and O–H groups in total. The predicted octanol–water partition coefficient (Wildman–Crippen LogP) is 4.16. The van der Waals surface area contributed by atoms with Gasteiger partial charge < -0.3 is 10.1 Å². The third-order valence-corrected chi connectivity index (χ3v) is 4.98. The van der Waals surface area contributed by atoms with Gasteiger partial charge in [-0.15, -0.1) is 0 Å². The van der Waals surface area contributed by atoms with Crippen LogP contribution in [0.15, 0.2) is 18.2 Å². The predicted molar refractivity (Wildman–Crippen MR) is 84.3 cm³/mol. The highest BCUT2D eigenvalue weighted by atomic mass is 16.5. The second-order valence-electron chi connectivity index (χ2n) is 6.57. The van der Waals surface area contributed by atoms with Crippen LogP contribution in [0.25, 0.3) is 0 Å². The summed E-state index contributed by atoms with van der Waals surface area (Å²) in [5, 5.41) is 12.7. The number of nitrogens with one attached hydrogen (secondary N) is 1. The van der Waals surface area contributed by atoms with Gasteiger partial charge in [0.2, 0.25) is 0 Å². The number of anilines is 1. The van der Waals surface area contributed by atoms with Gasteiger partial charge in [0, 0.05) is 18.3 Å². The van der Waals surface area contributed by atoms with Crippen molar-refractivity contribution < 1.29 is 4.74 Å². The average Bonchev–Trinajstić information content (AvgIpc) is 2.50. The van der Waals surface area contributed by atoms with Gasteiger partial charge in [0.05, 0.1) is 17.2 Å². The lowest BCUT2D eigenvalue weighted by Gasteiger charge is -2.44. The highest BCUT2D eigenvalue weighted by Crippen LogP contribution is 2.39. The van der Waals surface area contributed by atoms with E-state index in [0.717, 1.165) is 30.7 Å². The van der Waals surface area contributed by atoms with Crippen LogP contribution in [0.2, 0.25) is 0 Å². The van der Waals surface area contributed by atoms with Crippen LogP contribution in [-0.2, 0) is 4.74 Å². The molecule has 3 heteroatoms. The zero-order chi connectivity index (χ0) is 14.7. The molecule has 1 saturated carbocycles. The standard InChI is InChI=1S/C18H24N2O/c1-14-5-6-15(13-19)11-17(14)20-16-7-10-21-18(12-16)8-3-2-4-9-18/h5-6,11,16,20H,2-4,7-10,12H2,1H3. The molecular weight excluding hydrogens is 260 g/mol. The lowest BCUT2D eigenvalue weighted by atomic mass is 9.78. The first-order valence-corrected chi connectivity index (χ1v) is 8.12. The second-order valence-corrected chi connectivity index (χ2v) is 6.57. The van der Waals surface area contributed by atoms with Crippen LogP contribution in [0.5, 0.6) is 0 Å². The molecule has 0 aromatic heterocycles. The average molecular weight is 284 g/mol. The summed E-state index contributed by atoms with van der Waals surface area (Å²) in [6, 6.07) is 8.56. The SMILES string of the molecule is Cc1ccc(C#N)cc1NC1CCOC2(CCCCC2)C1. The fourth-order valence-electron chi connectivity index (χ4n) is 3.76. The van der Waals surface area contributed by atoms with Crippen LogP contribution >= 0.6 is 0 Å². The highest BCUT2D eigenvalue weighted by molar-refractivity contribution is 5.55. The van der Waals surface area contributed by atoms with Gasteiger partial charge in [-0.25, -0.2) is 0 Å². The maximum absolute atomic E-state index is 9.06. The van der Waals surface area contributed by atoms with Crippen molar-refractivity contribution >= 4 is 5.69 Å². The first-order chi connectivity index (χ1) is 10.2. The fourth-order valence-corrected chi connectivity index (χ4v) is 3.76. The number of aryl methyl sites for hydroxylation is 1. The van der Waals surface area contributed by atoms with Gasteiger partial charge in [0.1, 0.15) is 0 Å². The fraction of sp³-hybridized carbons (Fsp3) is 0.611. The van der Waals surface area contributed by atoms with E-state index < -0.39 is 0 Å². The van der Waals surface area contributed by atoms with Crippen molar-refractivity contribution in [3.8, 4) is 6.07 Å². The van der Waals surface area contributed by atoms with Crippen LogP contribution in [0.1, 0.15) is 56.1 Å². The van der Waals surface area contributed by atoms with Gasteiger partial charge in [-0.1, -0.05) is 25.3 Å². The third kappa shape index (κ3) is 3.22. The summed E-state index contributed by atoms with van der Waals surface area (Å²) in [5.41, 5.74) is 3.15. The molecule has 1 spiro atoms. The summed E-state index contributed by atoms with van der Waals surface area (Å²) in [4.78, 5) is 0. The summed E-state index contributed by atoms with van der Waals surface area (Å²) < 4.78 is 6.16. The molecule has 1 heterocycles. The highest BCUT2D eigenvalue weighted by Gasteiger charge is 2.38. The summed E-state index contributed by atoms with van der Waals surface area (Å²) in [6.45, 7) is 2.95. The number of hydrogen-bond donors (Lipinski definition) is 1. The minimum absolute atomic E-state index is 0.120. The van der Waals surface area contributed by atoms with Crippen molar-refractivity contribution in [3.63, 3.8) is 0 Å². The van der Waals surface area contributed by atoms with Crippen molar-refractivity contribution in [2.45, 2.75) is 63.5 Å². The van der Waals surface area contributed by atoms with E-state index in [1.807, 2.05) is 18.2 Å². The quantitative estimate of drug-likeness (QED) is 0.887. The molecular formula is C18H24N2O. The molecule has 1 aliphatic heterocycles. The summed E-state index contributed by atoms with van der Waals surface area (Å²) >= 11 is 0. The Morgan fingerprint density at radius 1 is 1.29 bits per heavy atom. The number of hydrogen-bond acceptors (Lipinski definition) is 3. The van der Waals surface area contributed by atoms with Gasteiger partial charge >= 0.3 is 0 Å². The number of benzene rings is 1. The smallest absolute Gasteiger partial charge is 0.0992 e. The molecule has 112 valence electrons. The van der Waals surface area contributed by atoms with E-state index in [-0.39, 0.29) is 5.60 Å². The first-order valence-electron chi connectivity index (χ1n) is 8.12. The van der Waals surface area contributed by atoms with Crippen molar-refractivity contribution in [2.24, 2.45) is 0 Å². The monoisotopic (exact) mass is 284 g/mol. The number of rotatable bonds is 2. The van der Waals surface area contributed by atoms with Gasteiger partial charge in [0.15, 0.2) is 0 Å². The molecule has 1 aliphatic carbocycles. The van der Waals surface area contributed by atoms with Gasteiger partial charge in [-0.05, 0) is 50.3 Å². The maximum atomic E-state index is 9.06. The van der Waals surface area contributed by atoms with E-state index in [2.05, 4.69) is 18.3 Å². The van der Waals surface area contributed by atoms with Crippen LogP contribution in [0.3, 0.4) is 0 Å². The summed E-state index contributed by atoms with van der Waals surface area (Å²) in [7, 11) is 0. The van der Waals surface area contributed by atoms with Crippen molar-refractivity contribution in [3.05, 3.63) is 29.3 Å². The molecule has 1 saturated heterocycles. The van der Waals surface area contributed by atoms with Gasteiger partial charge in [-0.3, -0.25) is 0 Å². The minimum atomic E-state index is 0.120. The topological polar surface area (TPSA) is 45.0 Å². The molecule has 1 unspecified atom stereocenters. The Labute approximate surface area is 127 Å². The van der Waals surface area contributed by atoms with E-state index in [1.165, 1.54) is 37.7 Å². The maximum Gasteiger partial charge on any atom is 0.0992 e. The minimum Gasteiger partial charge on any atom is -0.382 e. The molecule has 21 heavy (non-hydrogen) atoms. The van der Waals surface area contributed by atoms with Crippen molar-refractivity contribution in [1.29, 1.82) is 5.26 Å². The van der Waals surface area contributed by atoms with Crippen LogP contribution in [0.4, 0.5) is 5.69 Å². The van der Waals surface area contributed by atoms with E-state index in [9.17, 15) is 0 Å². The Morgan fingerprint density at radius 3 is 2.86 bits per heavy atom. The lowest BCUT2D eigenvalue weighted by Crippen LogP contribution is -2.45. The molecule has 2 fully saturated rings. The van der Waals surface area contributed by atoms with Crippen molar-refractivity contribution in [2.75, 3.05) is 11.9 Å². The van der Waals surface area contributed by atoms with Crippen molar-refractivity contribution in [1.82, 2.24) is 0 Å². The van der Waals surface area contributed by atoms with Crippen LogP contribution < -0.4 is 5.32 Å². The van der Waals surface area contributed by atoms with Gasteiger partial charge in [0.25, 0.3) is 0 Å². The van der Waals surface area contributed by atoms with Gasteiger partial charge in [-0.2, -0.15) is 5.26 Å². The number of nitrogens with zero attached hydrogens (tertiary/aromatic N) is 1. The Hall–Kier alpha value is -1.53. The Morgan fingerprint density at radius 2 is 2.10 bits per heavy atom. The normalized spacial score (nSPS) is 24.5. The van der Waals surface area contributed by atoms with E-state index in [0.29, 0.717) is 6.04 Å². The zero-order valence-electron chi connectivity index (χ0n) is 12.8. The molecule has 1 aromatic rings. The van der Waals surface area contributed by atoms with E-state index >= 15 is 0 Å². The second kappa shape index (κ2) is 6.07.